The maximum Gasteiger partial charge on any atom is 0.328 e. The molecule has 0 unspecified atom stereocenters. The highest BCUT2D eigenvalue weighted by Gasteiger charge is 2.29. The third kappa shape index (κ3) is 4.41. The summed E-state index contributed by atoms with van der Waals surface area (Å²) < 4.78 is 15.0. The van der Waals surface area contributed by atoms with Crippen LogP contribution in [0, 0.1) is 23.2 Å². The Kier molecular flexibility index (Phi) is 6.41. The summed E-state index contributed by atoms with van der Waals surface area (Å²) in [5.74, 6) is -1.33. The van der Waals surface area contributed by atoms with Crippen molar-refractivity contribution in [1.29, 1.82) is 5.26 Å². The Balaban J connectivity index is 1.81. The van der Waals surface area contributed by atoms with Gasteiger partial charge in [0.05, 0.1) is 22.5 Å². The van der Waals surface area contributed by atoms with Crippen molar-refractivity contribution >= 4 is 45.7 Å². The summed E-state index contributed by atoms with van der Waals surface area (Å²) in [7, 11) is 0. The van der Waals surface area contributed by atoms with Crippen LogP contribution in [-0.2, 0) is 4.79 Å². The lowest BCUT2D eigenvalue weighted by molar-refractivity contribution is -0.131. The van der Waals surface area contributed by atoms with Gasteiger partial charge in [-0.25, -0.2) is 4.79 Å². The van der Waals surface area contributed by atoms with Crippen LogP contribution >= 0.6 is 11.6 Å². The fourth-order valence-electron chi connectivity index (χ4n) is 4.68. The van der Waals surface area contributed by atoms with Crippen LogP contribution < -0.4 is 0 Å². The van der Waals surface area contributed by atoms with Gasteiger partial charge in [0.15, 0.2) is 0 Å². The number of halogens is 2. The molecule has 178 valence electrons. The molecule has 7 heteroatoms. The Morgan fingerprint density at radius 2 is 1.92 bits per heavy atom. The predicted octanol–water partition coefficient (Wildman–Crippen LogP) is 7.08. The number of aromatic amines is 1. The number of nitriles is 1. The molecule has 5 rings (SSSR count). The zero-order chi connectivity index (χ0) is 25.2. The Morgan fingerprint density at radius 1 is 1.14 bits per heavy atom. The second kappa shape index (κ2) is 9.80. The molecule has 2 N–H and O–H groups in total. The maximum absolute atomic E-state index is 15.0. The van der Waals surface area contributed by atoms with Crippen LogP contribution in [0.5, 0.6) is 0 Å². The molecule has 36 heavy (non-hydrogen) atoms. The maximum atomic E-state index is 15.0. The van der Waals surface area contributed by atoms with E-state index in [0.717, 1.165) is 53.2 Å². The molecule has 0 saturated heterocycles. The Hall–Kier alpha value is -4.21. The molecule has 0 amide bonds. The lowest BCUT2D eigenvalue weighted by atomic mass is 9.72. The predicted molar refractivity (Wildman–Crippen MR) is 139 cm³/mol. The van der Waals surface area contributed by atoms with Gasteiger partial charge in [0, 0.05) is 11.1 Å². The van der Waals surface area contributed by atoms with Crippen LogP contribution in [0.3, 0.4) is 0 Å². The van der Waals surface area contributed by atoms with E-state index in [4.69, 9.17) is 16.7 Å². The normalized spacial score (nSPS) is 14.5. The first-order valence-corrected chi connectivity index (χ1v) is 11.9. The summed E-state index contributed by atoms with van der Waals surface area (Å²) in [6.07, 6.45) is 5.63. The monoisotopic (exact) mass is 497 g/mol. The number of allylic oxidation sites excluding steroid dienone is 1. The van der Waals surface area contributed by atoms with Crippen molar-refractivity contribution in [2.75, 3.05) is 0 Å². The number of carboxylic acids is 1. The van der Waals surface area contributed by atoms with Crippen LogP contribution in [-0.4, -0.2) is 21.3 Å². The molecule has 0 bridgehead atoms. The summed E-state index contributed by atoms with van der Waals surface area (Å²) in [4.78, 5) is 10.9. The third-order valence-electron chi connectivity index (χ3n) is 6.59. The number of aromatic nitrogens is 2. The second-order valence-corrected chi connectivity index (χ2v) is 9.16. The van der Waals surface area contributed by atoms with Crippen molar-refractivity contribution in [1.82, 2.24) is 10.2 Å². The van der Waals surface area contributed by atoms with Gasteiger partial charge in [-0.05, 0) is 76.4 Å². The summed E-state index contributed by atoms with van der Waals surface area (Å²) in [5, 5.41) is 25.7. The molecule has 0 atom stereocenters. The van der Waals surface area contributed by atoms with Crippen LogP contribution in [0.1, 0.15) is 47.1 Å². The highest BCUT2D eigenvalue weighted by molar-refractivity contribution is 6.33. The molecule has 1 heterocycles. The van der Waals surface area contributed by atoms with E-state index in [1.807, 2.05) is 42.5 Å². The van der Waals surface area contributed by atoms with Gasteiger partial charge < -0.3 is 5.11 Å². The molecular formula is C29H21ClFN3O2. The fraction of sp³-hybridized carbons (Fsp3) is 0.138. The van der Waals surface area contributed by atoms with E-state index in [1.165, 1.54) is 6.08 Å². The van der Waals surface area contributed by atoms with Gasteiger partial charge in [-0.3, -0.25) is 5.10 Å². The van der Waals surface area contributed by atoms with Gasteiger partial charge in [0.1, 0.15) is 0 Å². The number of carboxylic acid groups (broad SMARTS) is 1. The minimum atomic E-state index is -1.02. The number of aliphatic carboxylic acids is 1. The van der Waals surface area contributed by atoms with E-state index in [1.54, 1.807) is 18.2 Å². The number of H-pyrrole nitrogens is 1. The van der Waals surface area contributed by atoms with Gasteiger partial charge in [-0.1, -0.05) is 60.5 Å². The van der Waals surface area contributed by atoms with E-state index in [-0.39, 0.29) is 5.92 Å². The van der Waals surface area contributed by atoms with Crippen molar-refractivity contribution < 1.29 is 14.3 Å². The van der Waals surface area contributed by atoms with Gasteiger partial charge in [-0.15, -0.1) is 0 Å². The highest BCUT2D eigenvalue weighted by Crippen LogP contribution is 2.47. The van der Waals surface area contributed by atoms with Crippen LogP contribution in [0.4, 0.5) is 4.39 Å². The van der Waals surface area contributed by atoms with Crippen LogP contribution in [0.25, 0.3) is 28.1 Å². The number of nitrogens with zero attached hydrogens (tertiary/aromatic N) is 2. The Labute approximate surface area is 212 Å². The largest absolute Gasteiger partial charge is 0.478 e. The smallest absolute Gasteiger partial charge is 0.328 e. The number of hydrogen-bond donors (Lipinski definition) is 2. The summed E-state index contributed by atoms with van der Waals surface area (Å²) in [6, 6.07) is 20.4. The van der Waals surface area contributed by atoms with Gasteiger partial charge in [0.2, 0.25) is 5.95 Å². The first-order valence-electron chi connectivity index (χ1n) is 11.5. The van der Waals surface area contributed by atoms with Crippen LogP contribution in [0.15, 0.2) is 66.7 Å². The molecule has 1 aromatic heterocycles. The quantitative estimate of drug-likeness (QED) is 0.220. The number of nitrogens with one attached hydrogen (secondary N) is 1. The third-order valence-corrected chi connectivity index (χ3v) is 6.91. The minimum Gasteiger partial charge on any atom is -0.478 e. The highest BCUT2D eigenvalue weighted by atomic mass is 35.5. The molecule has 4 aromatic rings. The van der Waals surface area contributed by atoms with Gasteiger partial charge in [-0.2, -0.15) is 14.8 Å². The van der Waals surface area contributed by atoms with Crippen molar-refractivity contribution in [3.63, 3.8) is 0 Å². The van der Waals surface area contributed by atoms with Gasteiger partial charge >= 0.3 is 5.97 Å². The van der Waals surface area contributed by atoms with Crippen molar-refractivity contribution in [3.8, 4) is 6.07 Å². The minimum absolute atomic E-state index is 0.210. The molecule has 3 aromatic carbocycles. The zero-order valence-electron chi connectivity index (χ0n) is 19.1. The lowest BCUT2D eigenvalue weighted by Gasteiger charge is -2.32. The molecule has 0 spiro atoms. The molecular weight excluding hydrogens is 477 g/mol. The SMILES string of the molecule is N#Cc1ccc(C(=C(c2ccc(C=CC(=O)O)cc2)c2cccc3n[nH]c(F)c23)C2CCC2)c(Cl)c1. The standard InChI is InChI=1S/C29H21ClFN3O2/c30-23-15-18(16-32)9-13-21(23)26(19-3-1-4-19)27(20-11-7-17(8-12-20)10-14-25(35)36)22-5-2-6-24-28(22)29(31)34-33-24/h2,5-15,19H,1,3-4H2,(H,33,34)(H,35,36). The number of fused-ring (bicyclic) bond motifs is 1. The summed E-state index contributed by atoms with van der Waals surface area (Å²) in [6.45, 7) is 0. The topological polar surface area (TPSA) is 89.8 Å². The number of carbonyl (C=O) groups is 1. The number of benzene rings is 3. The van der Waals surface area contributed by atoms with Crippen molar-refractivity contribution in [2.45, 2.75) is 19.3 Å². The van der Waals surface area contributed by atoms with E-state index < -0.39 is 11.9 Å². The van der Waals surface area contributed by atoms with Crippen molar-refractivity contribution in [2.24, 2.45) is 5.92 Å². The first kappa shape index (κ1) is 23.5. The average Bonchev–Trinajstić information content (AvgIpc) is 3.23. The van der Waals surface area contributed by atoms with E-state index in [0.29, 0.717) is 27.1 Å². The average molecular weight is 498 g/mol. The Morgan fingerprint density at radius 3 is 2.56 bits per heavy atom. The molecule has 0 aliphatic heterocycles. The first-order chi connectivity index (χ1) is 17.5. The Bertz CT molecular complexity index is 1570. The summed E-state index contributed by atoms with van der Waals surface area (Å²) in [5.41, 5.74) is 5.90. The van der Waals surface area contributed by atoms with Crippen molar-refractivity contribution in [3.05, 3.63) is 106 Å². The number of rotatable bonds is 6. The van der Waals surface area contributed by atoms with Gasteiger partial charge in [0.25, 0.3) is 0 Å². The second-order valence-electron chi connectivity index (χ2n) is 8.75. The molecule has 1 saturated carbocycles. The molecule has 1 aliphatic rings. The number of hydrogen-bond acceptors (Lipinski definition) is 3. The van der Waals surface area contributed by atoms with Crippen LogP contribution in [0.2, 0.25) is 5.02 Å². The zero-order valence-corrected chi connectivity index (χ0v) is 19.9. The van der Waals surface area contributed by atoms with E-state index in [9.17, 15) is 14.4 Å². The van der Waals surface area contributed by atoms with E-state index in [2.05, 4.69) is 16.3 Å². The molecule has 0 radical (unpaired) electrons. The van der Waals surface area contributed by atoms with E-state index >= 15 is 0 Å². The molecule has 1 fully saturated rings. The molecule has 1 aliphatic carbocycles. The summed E-state index contributed by atoms with van der Waals surface area (Å²) >= 11 is 6.73. The molecule has 5 nitrogen and oxygen atoms in total. The lowest BCUT2D eigenvalue weighted by Crippen LogP contribution is -2.15. The fourth-order valence-corrected chi connectivity index (χ4v) is 4.96.